The molecule has 21 heavy (non-hydrogen) atoms. The molecule has 0 saturated heterocycles. The van der Waals surface area contributed by atoms with Crippen LogP contribution in [0.5, 0.6) is 5.75 Å². The van der Waals surface area contributed by atoms with E-state index in [0.717, 1.165) is 16.5 Å². The number of nitrogens with one attached hydrogen (secondary N) is 1. The van der Waals surface area contributed by atoms with E-state index in [4.69, 9.17) is 0 Å². The van der Waals surface area contributed by atoms with Crippen molar-refractivity contribution >= 4 is 17.4 Å². The van der Waals surface area contributed by atoms with Crippen molar-refractivity contribution < 1.29 is 5.11 Å². The van der Waals surface area contributed by atoms with Crippen LogP contribution in [0.15, 0.2) is 53.4 Å². The van der Waals surface area contributed by atoms with E-state index in [1.165, 1.54) is 30.6 Å². The Hall–Kier alpha value is -1.61. The zero-order valence-corrected chi connectivity index (χ0v) is 12.9. The van der Waals surface area contributed by atoms with E-state index in [0.29, 0.717) is 12.3 Å². The van der Waals surface area contributed by atoms with Crippen LogP contribution in [0.4, 0.5) is 5.69 Å². The van der Waals surface area contributed by atoms with Crippen molar-refractivity contribution in [1.29, 1.82) is 0 Å². The summed E-state index contributed by atoms with van der Waals surface area (Å²) in [5.74, 6) is 0.353. The Balaban J connectivity index is 1.68. The Morgan fingerprint density at radius 2 is 1.71 bits per heavy atom. The number of anilines is 1. The molecular weight excluding hydrogens is 278 g/mol. The van der Waals surface area contributed by atoms with E-state index in [-0.39, 0.29) is 0 Å². The Morgan fingerprint density at radius 3 is 2.52 bits per heavy atom. The molecule has 1 fully saturated rings. The molecular formula is C18H21NOS. The monoisotopic (exact) mass is 299 g/mol. The maximum absolute atomic E-state index is 9.84. The Bertz CT molecular complexity index is 593. The number of hydrogen-bond donors (Lipinski definition) is 2. The lowest BCUT2D eigenvalue weighted by Gasteiger charge is -2.15. The largest absolute Gasteiger partial charge is 0.508 e. The minimum absolute atomic E-state index is 0.353. The fourth-order valence-corrected chi connectivity index (χ4v) is 4.10. The molecule has 2 N–H and O–H groups in total. The van der Waals surface area contributed by atoms with Gasteiger partial charge in [0.05, 0.1) is 0 Å². The summed E-state index contributed by atoms with van der Waals surface area (Å²) in [5.41, 5.74) is 2.09. The van der Waals surface area contributed by atoms with Crippen molar-refractivity contribution in [3.05, 3.63) is 54.1 Å². The molecule has 0 atom stereocenters. The van der Waals surface area contributed by atoms with Gasteiger partial charge in [0.15, 0.2) is 0 Å². The van der Waals surface area contributed by atoms with E-state index in [2.05, 4.69) is 29.6 Å². The van der Waals surface area contributed by atoms with Crippen LogP contribution >= 0.6 is 11.8 Å². The van der Waals surface area contributed by atoms with Gasteiger partial charge in [-0.2, -0.15) is 0 Å². The number of thioether (sulfide) groups is 1. The van der Waals surface area contributed by atoms with Crippen molar-refractivity contribution in [3.8, 4) is 5.75 Å². The highest BCUT2D eigenvalue weighted by atomic mass is 32.2. The predicted molar refractivity (Wildman–Crippen MR) is 90.0 cm³/mol. The standard InChI is InChI=1S/C18H21NOS/c20-17-11-5-1-7-14(17)13-19-16-10-4-6-12-18(16)21-15-8-2-3-9-15/h1,4-7,10-12,15,19-20H,2-3,8-9,13H2. The first kappa shape index (κ1) is 14.3. The lowest BCUT2D eigenvalue weighted by molar-refractivity contribution is 0.469. The molecule has 2 aromatic carbocycles. The van der Waals surface area contributed by atoms with Gasteiger partial charge in [0.2, 0.25) is 0 Å². The summed E-state index contributed by atoms with van der Waals surface area (Å²) in [5, 5.41) is 14.1. The van der Waals surface area contributed by atoms with Crippen LogP contribution < -0.4 is 5.32 Å². The van der Waals surface area contributed by atoms with E-state index < -0.39 is 0 Å². The van der Waals surface area contributed by atoms with Gasteiger partial charge < -0.3 is 10.4 Å². The number of hydrogen-bond acceptors (Lipinski definition) is 3. The molecule has 2 aromatic rings. The Morgan fingerprint density at radius 1 is 1.00 bits per heavy atom. The maximum atomic E-state index is 9.84. The average Bonchev–Trinajstić information content (AvgIpc) is 3.01. The highest BCUT2D eigenvalue weighted by Gasteiger charge is 2.17. The number of rotatable bonds is 5. The highest BCUT2D eigenvalue weighted by molar-refractivity contribution is 8.00. The van der Waals surface area contributed by atoms with Crippen LogP contribution in [0, 0.1) is 0 Å². The van der Waals surface area contributed by atoms with E-state index >= 15 is 0 Å². The molecule has 0 aromatic heterocycles. The van der Waals surface area contributed by atoms with Crippen molar-refractivity contribution in [2.24, 2.45) is 0 Å². The van der Waals surface area contributed by atoms with Gasteiger partial charge in [-0.1, -0.05) is 43.2 Å². The van der Waals surface area contributed by atoms with Gasteiger partial charge in [-0.25, -0.2) is 0 Å². The van der Waals surface area contributed by atoms with Gasteiger partial charge in [-0.15, -0.1) is 11.8 Å². The van der Waals surface area contributed by atoms with Gasteiger partial charge in [0, 0.05) is 27.9 Å². The molecule has 3 heteroatoms. The third-order valence-corrected chi connectivity index (χ3v) is 5.36. The van der Waals surface area contributed by atoms with Gasteiger partial charge in [0.1, 0.15) is 5.75 Å². The van der Waals surface area contributed by atoms with Crippen LogP contribution in [-0.4, -0.2) is 10.4 Å². The summed E-state index contributed by atoms with van der Waals surface area (Å²) in [6, 6.07) is 16.0. The van der Waals surface area contributed by atoms with Crippen LogP contribution in [-0.2, 0) is 6.54 Å². The summed E-state index contributed by atoms with van der Waals surface area (Å²) < 4.78 is 0. The summed E-state index contributed by atoms with van der Waals surface area (Å²) in [4.78, 5) is 1.32. The summed E-state index contributed by atoms with van der Waals surface area (Å²) in [7, 11) is 0. The zero-order valence-electron chi connectivity index (χ0n) is 12.1. The van der Waals surface area contributed by atoms with Crippen molar-refractivity contribution in [3.63, 3.8) is 0 Å². The van der Waals surface area contributed by atoms with Gasteiger partial charge in [-0.05, 0) is 31.0 Å². The molecule has 0 radical (unpaired) electrons. The average molecular weight is 299 g/mol. The molecule has 3 rings (SSSR count). The summed E-state index contributed by atoms with van der Waals surface area (Å²) >= 11 is 1.99. The van der Waals surface area contributed by atoms with E-state index in [1.807, 2.05) is 30.0 Å². The minimum Gasteiger partial charge on any atom is -0.508 e. The fraction of sp³-hybridized carbons (Fsp3) is 0.333. The molecule has 1 aliphatic rings. The quantitative estimate of drug-likeness (QED) is 0.811. The van der Waals surface area contributed by atoms with Gasteiger partial charge >= 0.3 is 0 Å². The molecule has 2 nitrogen and oxygen atoms in total. The topological polar surface area (TPSA) is 32.3 Å². The smallest absolute Gasteiger partial charge is 0.120 e. The third-order valence-electron chi connectivity index (χ3n) is 3.94. The number of aromatic hydroxyl groups is 1. The van der Waals surface area contributed by atoms with Crippen LogP contribution in [0.1, 0.15) is 31.2 Å². The summed E-state index contributed by atoms with van der Waals surface area (Å²) in [6.45, 7) is 0.648. The number of phenols is 1. The maximum Gasteiger partial charge on any atom is 0.120 e. The van der Waals surface area contributed by atoms with E-state index in [9.17, 15) is 5.11 Å². The zero-order chi connectivity index (χ0) is 14.5. The molecule has 0 aliphatic heterocycles. The van der Waals surface area contributed by atoms with Crippen molar-refractivity contribution in [2.75, 3.05) is 5.32 Å². The normalized spacial score (nSPS) is 15.2. The second-order valence-electron chi connectivity index (χ2n) is 5.50. The van der Waals surface area contributed by atoms with Crippen LogP contribution in [0.25, 0.3) is 0 Å². The first-order valence-corrected chi connectivity index (χ1v) is 8.47. The molecule has 0 spiro atoms. The highest BCUT2D eigenvalue weighted by Crippen LogP contribution is 2.38. The third kappa shape index (κ3) is 3.73. The molecule has 0 heterocycles. The number of benzene rings is 2. The van der Waals surface area contributed by atoms with Crippen LogP contribution in [0.2, 0.25) is 0 Å². The molecule has 1 saturated carbocycles. The fourth-order valence-electron chi connectivity index (χ4n) is 2.75. The first-order chi connectivity index (χ1) is 10.3. The molecule has 0 bridgehead atoms. The lowest BCUT2D eigenvalue weighted by atomic mass is 10.2. The Kier molecular flexibility index (Phi) is 4.71. The first-order valence-electron chi connectivity index (χ1n) is 7.59. The molecule has 0 unspecified atom stereocenters. The van der Waals surface area contributed by atoms with Gasteiger partial charge in [0.25, 0.3) is 0 Å². The van der Waals surface area contributed by atoms with Crippen LogP contribution in [0.3, 0.4) is 0 Å². The van der Waals surface area contributed by atoms with E-state index in [1.54, 1.807) is 6.07 Å². The Labute approximate surface area is 130 Å². The van der Waals surface area contributed by atoms with Gasteiger partial charge in [-0.3, -0.25) is 0 Å². The molecule has 0 amide bonds. The second-order valence-corrected chi connectivity index (χ2v) is 6.84. The number of para-hydroxylation sites is 2. The summed E-state index contributed by atoms with van der Waals surface area (Å²) in [6.07, 6.45) is 5.40. The second kappa shape index (κ2) is 6.90. The molecule has 110 valence electrons. The number of phenolic OH excluding ortho intramolecular Hbond substituents is 1. The minimum atomic E-state index is 0.353. The van der Waals surface area contributed by atoms with Crippen molar-refractivity contribution in [2.45, 2.75) is 42.4 Å². The lowest BCUT2D eigenvalue weighted by Crippen LogP contribution is -2.02. The van der Waals surface area contributed by atoms with Crippen molar-refractivity contribution in [1.82, 2.24) is 0 Å². The molecule has 1 aliphatic carbocycles. The SMILES string of the molecule is Oc1ccccc1CNc1ccccc1SC1CCCC1. The predicted octanol–water partition coefficient (Wildman–Crippen LogP) is 5.04.